The monoisotopic (exact) mass is 573 g/mol. The normalized spacial score (nSPS) is 14.2. The summed E-state index contributed by atoms with van der Waals surface area (Å²) in [5.74, 6) is 0.417. The van der Waals surface area contributed by atoms with Crippen LogP contribution in [0.25, 0.3) is 5.69 Å². The third-order valence-corrected chi connectivity index (χ3v) is 7.85. The molecule has 208 valence electrons. The summed E-state index contributed by atoms with van der Waals surface area (Å²) in [4.78, 5) is 25.3. The molecular weight excluding hydrogens is 542 g/mol. The van der Waals surface area contributed by atoms with Crippen molar-refractivity contribution in [3.63, 3.8) is 0 Å². The van der Waals surface area contributed by atoms with Gasteiger partial charge in [0.05, 0.1) is 11.4 Å². The van der Waals surface area contributed by atoms with E-state index in [-0.39, 0.29) is 12.0 Å². The van der Waals surface area contributed by atoms with Crippen LogP contribution in [0.5, 0.6) is 0 Å². The number of rotatable bonds is 7. The van der Waals surface area contributed by atoms with E-state index < -0.39 is 22.3 Å². The van der Waals surface area contributed by atoms with Gasteiger partial charge in [-0.25, -0.2) is 19.0 Å². The van der Waals surface area contributed by atoms with Gasteiger partial charge in [0, 0.05) is 41.8 Å². The van der Waals surface area contributed by atoms with E-state index in [1.54, 1.807) is 53.2 Å². The van der Waals surface area contributed by atoms with Crippen molar-refractivity contribution in [2.24, 2.45) is 0 Å². The molecule has 1 aliphatic heterocycles. The van der Waals surface area contributed by atoms with Gasteiger partial charge in [-0.05, 0) is 48.7 Å². The van der Waals surface area contributed by atoms with Gasteiger partial charge in [-0.15, -0.1) is 0 Å². The molecule has 0 bridgehead atoms. The minimum atomic E-state index is -3.90. The Hall–Kier alpha value is -3.61. The molecule has 2 heterocycles. The van der Waals surface area contributed by atoms with Crippen molar-refractivity contribution in [3.8, 4) is 5.69 Å². The average molecular weight is 574 g/mol. The van der Waals surface area contributed by atoms with Crippen molar-refractivity contribution >= 4 is 45.4 Å². The van der Waals surface area contributed by atoms with Crippen LogP contribution >= 0.6 is 11.6 Å². The molecule has 1 fully saturated rings. The summed E-state index contributed by atoms with van der Waals surface area (Å²) < 4.78 is 29.8. The number of anilines is 2. The number of urea groups is 2. The molecule has 2 aromatic carbocycles. The molecule has 4 rings (SSSR count). The molecule has 1 aliphatic rings. The van der Waals surface area contributed by atoms with Crippen molar-refractivity contribution in [2.75, 3.05) is 23.7 Å². The van der Waals surface area contributed by atoms with Gasteiger partial charge in [0.25, 0.3) is 0 Å². The second kappa shape index (κ2) is 11.6. The van der Waals surface area contributed by atoms with Crippen LogP contribution in [0.15, 0.2) is 54.6 Å². The number of nitrogens with zero attached hydrogens (tertiary/aromatic N) is 3. The van der Waals surface area contributed by atoms with Gasteiger partial charge in [-0.3, -0.25) is 5.32 Å². The summed E-state index contributed by atoms with van der Waals surface area (Å²) in [6.07, 6.45) is 1.54. The van der Waals surface area contributed by atoms with Crippen LogP contribution in [0.4, 0.5) is 21.1 Å². The molecule has 0 spiro atoms. The van der Waals surface area contributed by atoms with Gasteiger partial charge in [0.1, 0.15) is 5.82 Å². The summed E-state index contributed by atoms with van der Waals surface area (Å²) in [6.45, 7) is 6.84. The highest BCUT2D eigenvalue weighted by Gasteiger charge is 2.27. The number of carbonyl (C=O) groups is 2. The highest BCUT2D eigenvalue weighted by atomic mass is 35.5. The number of carbonyl (C=O) groups excluding carboxylic acids is 2. The summed E-state index contributed by atoms with van der Waals surface area (Å²) >= 11 is 5.93. The largest absolute Gasteiger partial charge is 0.333 e. The van der Waals surface area contributed by atoms with Crippen molar-refractivity contribution in [3.05, 3.63) is 70.9 Å². The van der Waals surface area contributed by atoms with Crippen molar-refractivity contribution in [2.45, 2.75) is 45.6 Å². The maximum atomic E-state index is 12.8. The first-order valence-electron chi connectivity index (χ1n) is 12.5. The number of benzene rings is 2. The van der Waals surface area contributed by atoms with E-state index in [4.69, 9.17) is 16.7 Å². The third-order valence-electron chi connectivity index (χ3n) is 6.11. The Morgan fingerprint density at radius 2 is 1.64 bits per heavy atom. The predicted octanol–water partition coefficient (Wildman–Crippen LogP) is 4.61. The fourth-order valence-corrected chi connectivity index (χ4v) is 5.32. The van der Waals surface area contributed by atoms with Crippen molar-refractivity contribution in [1.82, 2.24) is 24.1 Å². The molecule has 0 saturated carbocycles. The van der Waals surface area contributed by atoms with Crippen LogP contribution in [-0.4, -0.2) is 47.7 Å². The molecule has 39 heavy (non-hydrogen) atoms. The average Bonchev–Trinajstić information content (AvgIpc) is 3.55. The molecule has 0 aliphatic carbocycles. The molecule has 1 saturated heterocycles. The number of halogens is 1. The first kappa shape index (κ1) is 28.4. The Morgan fingerprint density at radius 3 is 2.31 bits per heavy atom. The van der Waals surface area contributed by atoms with Gasteiger partial charge in [-0.1, -0.05) is 50.6 Å². The Labute approximate surface area is 233 Å². The maximum absolute atomic E-state index is 12.8. The van der Waals surface area contributed by atoms with Crippen LogP contribution < -0.4 is 20.7 Å². The number of amides is 4. The maximum Gasteiger partial charge on any atom is 0.329 e. The molecule has 13 heteroatoms. The second-order valence-corrected chi connectivity index (χ2v) is 12.3. The second-order valence-electron chi connectivity index (χ2n) is 10.2. The van der Waals surface area contributed by atoms with Crippen LogP contribution in [0, 0.1) is 0 Å². The minimum absolute atomic E-state index is 0.0264. The zero-order valence-corrected chi connectivity index (χ0v) is 23.6. The lowest BCUT2D eigenvalue weighted by Gasteiger charge is -2.17. The van der Waals surface area contributed by atoms with Gasteiger partial charge in [0.2, 0.25) is 0 Å². The van der Waals surface area contributed by atoms with E-state index in [9.17, 15) is 18.0 Å². The van der Waals surface area contributed by atoms with Crippen molar-refractivity contribution < 1.29 is 18.0 Å². The lowest BCUT2D eigenvalue weighted by molar-refractivity contribution is 0.244. The van der Waals surface area contributed by atoms with E-state index in [1.807, 2.05) is 26.8 Å². The molecule has 4 amide bonds. The van der Waals surface area contributed by atoms with Gasteiger partial charge < -0.3 is 10.6 Å². The number of para-hydroxylation sites is 1. The molecular formula is C26H32ClN7O4S. The van der Waals surface area contributed by atoms with Gasteiger partial charge in [-0.2, -0.15) is 17.8 Å². The van der Waals surface area contributed by atoms with Gasteiger partial charge in [0.15, 0.2) is 0 Å². The van der Waals surface area contributed by atoms with Crippen molar-refractivity contribution in [1.29, 1.82) is 0 Å². The Kier molecular flexibility index (Phi) is 8.48. The first-order valence-corrected chi connectivity index (χ1v) is 14.3. The fourth-order valence-electron chi connectivity index (χ4n) is 4.02. The van der Waals surface area contributed by atoms with E-state index >= 15 is 0 Å². The zero-order chi connectivity index (χ0) is 28.2. The smallest absolute Gasteiger partial charge is 0.329 e. The van der Waals surface area contributed by atoms with Crippen LogP contribution in [0.1, 0.15) is 44.9 Å². The molecule has 0 radical (unpaired) electrons. The first-order chi connectivity index (χ1) is 18.4. The fraction of sp³-hybridized carbons (Fsp3) is 0.346. The summed E-state index contributed by atoms with van der Waals surface area (Å²) in [6, 6.07) is 14.4. The van der Waals surface area contributed by atoms with Crippen LogP contribution in [0.2, 0.25) is 5.02 Å². The molecule has 3 aromatic rings. The number of aromatic nitrogens is 2. The number of hydrogen-bond acceptors (Lipinski definition) is 5. The quantitative estimate of drug-likeness (QED) is 0.327. The van der Waals surface area contributed by atoms with E-state index in [0.29, 0.717) is 40.9 Å². The highest BCUT2D eigenvalue weighted by Crippen LogP contribution is 2.28. The number of hydrogen-bond donors (Lipinski definition) is 4. The standard InChI is InChI=1S/C26H32ClN7O4S/c1-26(2,3)22-16-23(30-25(36)29-20-12-10-19(27)11-13-20)34(31-22)21-9-5-4-8-18(21)17-28-24(35)32-39(37,38)33-14-6-7-15-33/h4-5,8-13,16H,6-7,14-15,17H2,1-3H3,(H2,28,32,35)(H2,29,30,36). The van der Waals surface area contributed by atoms with E-state index in [1.165, 1.54) is 4.31 Å². The van der Waals surface area contributed by atoms with Crippen LogP contribution in [-0.2, 0) is 22.2 Å². The van der Waals surface area contributed by atoms with Gasteiger partial charge >= 0.3 is 22.3 Å². The minimum Gasteiger partial charge on any atom is -0.333 e. The number of nitrogens with one attached hydrogen (secondary N) is 4. The highest BCUT2D eigenvalue weighted by molar-refractivity contribution is 7.87. The van der Waals surface area contributed by atoms with E-state index in [0.717, 1.165) is 18.5 Å². The molecule has 0 atom stereocenters. The Morgan fingerprint density at radius 1 is 0.974 bits per heavy atom. The molecule has 1 aromatic heterocycles. The molecule has 0 unspecified atom stereocenters. The summed E-state index contributed by atoms with van der Waals surface area (Å²) in [5, 5.41) is 13.5. The lowest BCUT2D eigenvalue weighted by Crippen LogP contribution is -2.46. The zero-order valence-electron chi connectivity index (χ0n) is 22.0. The molecule has 4 N–H and O–H groups in total. The van der Waals surface area contributed by atoms with E-state index in [2.05, 4.69) is 20.7 Å². The predicted molar refractivity (Wildman–Crippen MR) is 151 cm³/mol. The topological polar surface area (TPSA) is 137 Å². The summed E-state index contributed by atoms with van der Waals surface area (Å²) in [7, 11) is -3.90. The molecule has 11 nitrogen and oxygen atoms in total. The SMILES string of the molecule is CC(C)(C)c1cc(NC(=O)Nc2ccc(Cl)cc2)n(-c2ccccc2CNC(=O)NS(=O)(=O)N2CCCC2)n1. The Balaban J connectivity index is 1.54. The van der Waals surface area contributed by atoms with Crippen LogP contribution in [0.3, 0.4) is 0 Å². The Bertz CT molecular complexity index is 1440. The third kappa shape index (κ3) is 7.28. The lowest BCUT2D eigenvalue weighted by atomic mass is 9.92. The summed E-state index contributed by atoms with van der Waals surface area (Å²) in [5.41, 5.74) is 2.26.